The maximum Gasteiger partial charge on any atom is 0.433 e. The molecule has 118 valence electrons. The molecule has 2 rings (SSSR count). The number of nitrogens with zero attached hydrogens (tertiary/aromatic N) is 1. The summed E-state index contributed by atoms with van der Waals surface area (Å²) in [5, 5.41) is 6.15. The van der Waals surface area contributed by atoms with E-state index in [0.717, 1.165) is 38.4 Å². The van der Waals surface area contributed by atoms with Crippen molar-refractivity contribution < 1.29 is 17.9 Å². The number of alkyl halides is 3. The Labute approximate surface area is 122 Å². The lowest BCUT2D eigenvalue weighted by Crippen LogP contribution is -2.32. The van der Waals surface area contributed by atoms with Crippen molar-refractivity contribution in [3.8, 4) is 0 Å². The number of aromatic nitrogens is 1. The second-order valence-electron chi connectivity index (χ2n) is 5.01. The van der Waals surface area contributed by atoms with Crippen LogP contribution in [-0.2, 0) is 10.9 Å². The van der Waals surface area contributed by atoms with E-state index >= 15 is 0 Å². The summed E-state index contributed by atoms with van der Waals surface area (Å²) in [5.74, 6) is 0.242. The number of nitrogens with one attached hydrogen (secondary N) is 2. The van der Waals surface area contributed by atoms with E-state index in [2.05, 4.69) is 15.6 Å². The Kier molecular flexibility index (Phi) is 5.81. The molecule has 21 heavy (non-hydrogen) atoms. The highest BCUT2D eigenvalue weighted by Gasteiger charge is 2.32. The van der Waals surface area contributed by atoms with Crippen molar-refractivity contribution in [2.45, 2.75) is 31.5 Å². The predicted molar refractivity (Wildman–Crippen MR) is 74.2 cm³/mol. The SMILES string of the molecule is FC(F)(F)c1cccc(NCCCOC2CCNCC2)n1. The van der Waals surface area contributed by atoms with E-state index in [4.69, 9.17) is 4.74 Å². The number of rotatable bonds is 6. The van der Waals surface area contributed by atoms with E-state index in [9.17, 15) is 13.2 Å². The fourth-order valence-corrected chi connectivity index (χ4v) is 2.19. The molecule has 1 aromatic heterocycles. The average Bonchev–Trinajstić information content (AvgIpc) is 2.47. The molecule has 0 aliphatic carbocycles. The fourth-order valence-electron chi connectivity index (χ4n) is 2.19. The molecule has 1 aliphatic heterocycles. The molecule has 4 nitrogen and oxygen atoms in total. The highest BCUT2D eigenvalue weighted by Crippen LogP contribution is 2.28. The zero-order valence-corrected chi connectivity index (χ0v) is 11.7. The van der Waals surface area contributed by atoms with Gasteiger partial charge >= 0.3 is 6.18 Å². The molecule has 0 radical (unpaired) electrons. The van der Waals surface area contributed by atoms with Gasteiger partial charge in [0.15, 0.2) is 0 Å². The maximum atomic E-state index is 12.5. The number of piperidine rings is 1. The Morgan fingerprint density at radius 3 is 2.76 bits per heavy atom. The van der Waals surface area contributed by atoms with Gasteiger partial charge in [-0.05, 0) is 44.5 Å². The van der Waals surface area contributed by atoms with Crippen LogP contribution in [0, 0.1) is 0 Å². The third-order valence-corrected chi connectivity index (χ3v) is 3.31. The molecule has 0 unspecified atom stereocenters. The van der Waals surface area contributed by atoms with Crippen LogP contribution in [0.2, 0.25) is 0 Å². The summed E-state index contributed by atoms with van der Waals surface area (Å²) >= 11 is 0. The molecule has 1 aromatic rings. The fraction of sp³-hybridized carbons (Fsp3) is 0.643. The van der Waals surface area contributed by atoms with Gasteiger partial charge in [-0.1, -0.05) is 6.07 Å². The summed E-state index contributed by atoms with van der Waals surface area (Å²) in [6.45, 7) is 3.12. The highest BCUT2D eigenvalue weighted by atomic mass is 19.4. The summed E-state index contributed by atoms with van der Waals surface area (Å²) in [5.41, 5.74) is -0.876. The largest absolute Gasteiger partial charge is 0.433 e. The smallest absolute Gasteiger partial charge is 0.378 e. The lowest BCUT2D eigenvalue weighted by Gasteiger charge is -2.22. The molecule has 2 heterocycles. The molecule has 7 heteroatoms. The van der Waals surface area contributed by atoms with E-state index in [1.807, 2.05) is 0 Å². The molecular formula is C14H20F3N3O. The quantitative estimate of drug-likeness (QED) is 0.793. The molecule has 0 atom stereocenters. The Balaban J connectivity index is 1.66. The van der Waals surface area contributed by atoms with Gasteiger partial charge in [-0.2, -0.15) is 13.2 Å². The molecule has 1 saturated heterocycles. The number of hydrogen-bond acceptors (Lipinski definition) is 4. The van der Waals surface area contributed by atoms with Crippen LogP contribution in [0.5, 0.6) is 0 Å². The minimum atomic E-state index is -4.41. The molecule has 0 aromatic carbocycles. The molecule has 0 saturated carbocycles. The monoisotopic (exact) mass is 303 g/mol. The molecular weight excluding hydrogens is 283 g/mol. The zero-order valence-electron chi connectivity index (χ0n) is 11.7. The third kappa shape index (κ3) is 5.51. The Morgan fingerprint density at radius 2 is 2.05 bits per heavy atom. The summed E-state index contributed by atoms with van der Waals surface area (Å²) in [6, 6.07) is 3.85. The minimum Gasteiger partial charge on any atom is -0.378 e. The number of hydrogen-bond donors (Lipinski definition) is 2. The molecule has 0 bridgehead atoms. The van der Waals surface area contributed by atoms with Crippen molar-refractivity contribution in [1.82, 2.24) is 10.3 Å². The van der Waals surface area contributed by atoms with Gasteiger partial charge in [0.25, 0.3) is 0 Å². The molecule has 1 fully saturated rings. The van der Waals surface area contributed by atoms with Crippen molar-refractivity contribution in [1.29, 1.82) is 0 Å². The van der Waals surface area contributed by atoms with Crippen LogP contribution in [0.3, 0.4) is 0 Å². The summed E-state index contributed by atoms with van der Waals surface area (Å²) in [6.07, 6.45) is -1.33. The van der Waals surface area contributed by atoms with Gasteiger partial charge in [-0.25, -0.2) is 4.98 Å². The first-order chi connectivity index (χ1) is 10.1. The van der Waals surface area contributed by atoms with Gasteiger partial charge in [0.2, 0.25) is 0 Å². The molecule has 1 aliphatic rings. The van der Waals surface area contributed by atoms with Crippen LogP contribution in [0.1, 0.15) is 25.0 Å². The second kappa shape index (κ2) is 7.61. The lowest BCUT2D eigenvalue weighted by molar-refractivity contribution is -0.141. The van der Waals surface area contributed by atoms with Crippen LogP contribution in [0.15, 0.2) is 18.2 Å². The van der Waals surface area contributed by atoms with E-state index in [0.29, 0.717) is 19.3 Å². The first-order valence-corrected chi connectivity index (χ1v) is 7.16. The topological polar surface area (TPSA) is 46.2 Å². The maximum absolute atomic E-state index is 12.5. The normalized spacial score (nSPS) is 16.9. The molecule has 0 amide bonds. The van der Waals surface area contributed by atoms with Gasteiger partial charge in [-0.3, -0.25) is 0 Å². The number of pyridine rings is 1. The van der Waals surface area contributed by atoms with Crippen LogP contribution in [0.25, 0.3) is 0 Å². The molecule has 0 spiro atoms. The van der Waals surface area contributed by atoms with Crippen LogP contribution < -0.4 is 10.6 Å². The molecule has 2 N–H and O–H groups in total. The van der Waals surface area contributed by atoms with Crippen LogP contribution in [-0.4, -0.2) is 37.3 Å². The van der Waals surface area contributed by atoms with Crippen molar-refractivity contribution in [2.24, 2.45) is 0 Å². The summed E-state index contributed by atoms with van der Waals surface area (Å²) in [7, 11) is 0. The van der Waals surface area contributed by atoms with Crippen molar-refractivity contribution in [2.75, 3.05) is 31.6 Å². The van der Waals surface area contributed by atoms with Gasteiger partial charge < -0.3 is 15.4 Å². The Hall–Kier alpha value is -1.34. The number of halogens is 3. The van der Waals surface area contributed by atoms with Gasteiger partial charge in [0.1, 0.15) is 11.5 Å². The first-order valence-electron chi connectivity index (χ1n) is 7.16. The Morgan fingerprint density at radius 1 is 1.29 bits per heavy atom. The van der Waals surface area contributed by atoms with Gasteiger partial charge in [-0.15, -0.1) is 0 Å². The van der Waals surface area contributed by atoms with Crippen LogP contribution in [0.4, 0.5) is 19.0 Å². The van der Waals surface area contributed by atoms with Gasteiger partial charge in [0.05, 0.1) is 6.10 Å². The third-order valence-electron chi connectivity index (χ3n) is 3.31. The van der Waals surface area contributed by atoms with Crippen molar-refractivity contribution in [3.63, 3.8) is 0 Å². The first kappa shape index (κ1) is 16.0. The number of anilines is 1. The minimum absolute atomic E-state index is 0.242. The lowest BCUT2D eigenvalue weighted by atomic mass is 10.1. The summed E-state index contributed by atoms with van der Waals surface area (Å²) < 4.78 is 43.2. The van der Waals surface area contributed by atoms with Crippen LogP contribution >= 0.6 is 0 Å². The van der Waals surface area contributed by atoms with E-state index < -0.39 is 11.9 Å². The number of ether oxygens (including phenoxy) is 1. The summed E-state index contributed by atoms with van der Waals surface area (Å²) in [4.78, 5) is 3.55. The standard InChI is InChI=1S/C14H20F3N3O/c15-14(16,17)12-3-1-4-13(20-12)19-7-2-10-21-11-5-8-18-9-6-11/h1,3-4,11,18H,2,5-10H2,(H,19,20). The average molecular weight is 303 g/mol. The van der Waals surface area contributed by atoms with E-state index in [1.165, 1.54) is 12.1 Å². The van der Waals surface area contributed by atoms with E-state index in [1.54, 1.807) is 0 Å². The second-order valence-corrected chi connectivity index (χ2v) is 5.01. The van der Waals surface area contributed by atoms with Crippen molar-refractivity contribution >= 4 is 5.82 Å². The van der Waals surface area contributed by atoms with E-state index in [-0.39, 0.29) is 5.82 Å². The van der Waals surface area contributed by atoms with Gasteiger partial charge in [0, 0.05) is 13.2 Å². The predicted octanol–water partition coefficient (Wildman–Crippen LogP) is 2.67. The van der Waals surface area contributed by atoms with Crippen molar-refractivity contribution in [3.05, 3.63) is 23.9 Å². The highest BCUT2D eigenvalue weighted by molar-refractivity contribution is 5.35. The zero-order chi connectivity index (χ0) is 15.1. The Bertz CT molecular complexity index is 434.